The Bertz CT molecular complexity index is 990. The molecule has 6 heteroatoms. The first kappa shape index (κ1) is 20.3. The summed E-state index contributed by atoms with van der Waals surface area (Å²) in [5.41, 5.74) is 3.22. The summed E-state index contributed by atoms with van der Waals surface area (Å²) < 4.78 is 14.1. The quantitative estimate of drug-likeness (QED) is 0.510. The molecule has 0 radical (unpaired) electrons. The van der Waals surface area contributed by atoms with E-state index in [2.05, 4.69) is 24.1 Å². The molecule has 0 spiro atoms. The Hall–Kier alpha value is -2.02. The van der Waals surface area contributed by atoms with Crippen LogP contribution in [0.3, 0.4) is 0 Å². The first-order chi connectivity index (χ1) is 14.0. The fraction of sp³-hybridized carbons (Fsp3) is 0.348. The van der Waals surface area contributed by atoms with Crippen LogP contribution in [0.15, 0.2) is 41.8 Å². The maximum Gasteiger partial charge on any atom is 0.266 e. The fourth-order valence-electron chi connectivity index (χ4n) is 4.05. The van der Waals surface area contributed by atoms with Gasteiger partial charge in [-0.05, 0) is 74.5 Å². The molecule has 0 bridgehead atoms. The van der Waals surface area contributed by atoms with E-state index in [1.807, 2.05) is 23.6 Å². The maximum atomic E-state index is 14.1. The Kier molecular flexibility index (Phi) is 6.13. The van der Waals surface area contributed by atoms with Gasteiger partial charge in [0.25, 0.3) is 5.91 Å². The van der Waals surface area contributed by atoms with Gasteiger partial charge < -0.3 is 5.32 Å². The van der Waals surface area contributed by atoms with Crippen LogP contribution in [0.5, 0.6) is 0 Å². The van der Waals surface area contributed by atoms with E-state index >= 15 is 0 Å². The van der Waals surface area contributed by atoms with Crippen molar-refractivity contribution in [1.29, 1.82) is 0 Å². The van der Waals surface area contributed by atoms with E-state index in [9.17, 15) is 9.18 Å². The molecule has 1 saturated heterocycles. The Morgan fingerprint density at radius 1 is 1.14 bits per heavy atom. The molecule has 0 saturated carbocycles. The molecule has 1 aliphatic heterocycles. The number of anilines is 1. The number of hydrogen-bond donors (Lipinski definition) is 1. The number of benzene rings is 1. The number of nitrogens with one attached hydrogen (secondary N) is 1. The zero-order valence-electron chi connectivity index (χ0n) is 16.7. The molecule has 3 heterocycles. The zero-order valence-corrected chi connectivity index (χ0v) is 18.3. The lowest BCUT2D eigenvalue weighted by Crippen LogP contribution is -2.35. The minimum Gasteiger partial charge on any atom is -0.313 e. The highest BCUT2D eigenvalue weighted by Gasteiger charge is 2.30. The van der Waals surface area contributed by atoms with Crippen LogP contribution < -0.4 is 5.32 Å². The first-order valence-corrected chi connectivity index (χ1v) is 11.7. The number of carbonyl (C=O) groups is 1. The number of likely N-dealkylation sites (tertiary alicyclic amines) is 1. The van der Waals surface area contributed by atoms with Gasteiger partial charge in [0.1, 0.15) is 10.8 Å². The van der Waals surface area contributed by atoms with Crippen molar-refractivity contribution in [3.05, 3.63) is 74.0 Å². The largest absolute Gasteiger partial charge is 0.313 e. The summed E-state index contributed by atoms with van der Waals surface area (Å²) in [7, 11) is 0. The summed E-state index contributed by atoms with van der Waals surface area (Å²) in [6.45, 7) is 6.16. The molecule has 1 aromatic carbocycles. The molecular weight excluding hydrogens is 403 g/mol. The number of nitrogens with zero attached hydrogens (tertiary/aromatic N) is 1. The zero-order chi connectivity index (χ0) is 20.4. The molecule has 1 aliphatic rings. The van der Waals surface area contributed by atoms with Crippen LogP contribution in [0.4, 0.5) is 9.39 Å². The highest BCUT2D eigenvalue weighted by Crippen LogP contribution is 2.43. The van der Waals surface area contributed by atoms with Gasteiger partial charge in [-0.1, -0.05) is 24.6 Å². The molecule has 152 valence electrons. The molecule has 3 aromatic rings. The van der Waals surface area contributed by atoms with Crippen LogP contribution in [0.25, 0.3) is 0 Å². The molecule has 29 heavy (non-hydrogen) atoms. The molecule has 1 fully saturated rings. The van der Waals surface area contributed by atoms with Crippen LogP contribution in [-0.4, -0.2) is 23.9 Å². The third-order valence-corrected chi connectivity index (χ3v) is 7.60. The summed E-state index contributed by atoms with van der Waals surface area (Å²) in [6.07, 6.45) is 3.52. The Labute approximate surface area is 179 Å². The standard InChI is InChI=1S/C23H25FN2OS2/c1-15-16(2)29-23(25-22(27)19-10-7-13-28-19)20(15)21(26-11-4-3-5-12-26)17-8-6-9-18(24)14-17/h6-10,13-14,21H,3-5,11-12H2,1-2H3,(H,25,27). The predicted molar refractivity (Wildman–Crippen MR) is 120 cm³/mol. The van der Waals surface area contributed by atoms with Crippen LogP contribution in [-0.2, 0) is 0 Å². The SMILES string of the molecule is Cc1sc(NC(=O)c2cccs2)c(C(c2cccc(F)c2)N2CCCCC2)c1C. The van der Waals surface area contributed by atoms with E-state index < -0.39 is 0 Å². The van der Waals surface area contributed by atoms with Gasteiger partial charge in [-0.25, -0.2) is 4.39 Å². The van der Waals surface area contributed by atoms with Gasteiger partial charge in [0, 0.05) is 10.4 Å². The first-order valence-electron chi connectivity index (χ1n) is 9.99. The monoisotopic (exact) mass is 428 g/mol. The van der Waals surface area contributed by atoms with E-state index in [1.165, 1.54) is 34.3 Å². The number of aryl methyl sites for hydroxylation is 1. The van der Waals surface area contributed by atoms with Gasteiger partial charge in [-0.2, -0.15) is 0 Å². The van der Waals surface area contributed by atoms with Crippen LogP contribution >= 0.6 is 22.7 Å². The van der Waals surface area contributed by atoms with Gasteiger partial charge >= 0.3 is 0 Å². The van der Waals surface area contributed by atoms with Crippen molar-refractivity contribution in [3.63, 3.8) is 0 Å². The lowest BCUT2D eigenvalue weighted by atomic mass is 9.93. The van der Waals surface area contributed by atoms with Crippen molar-refractivity contribution >= 4 is 33.6 Å². The average Bonchev–Trinajstić information content (AvgIpc) is 3.34. The minimum absolute atomic E-state index is 0.0606. The van der Waals surface area contributed by atoms with E-state index in [0.29, 0.717) is 4.88 Å². The van der Waals surface area contributed by atoms with Gasteiger partial charge in [0.05, 0.1) is 10.9 Å². The Morgan fingerprint density at radius 3 is 2.62 bits per heavy atom. The normalized spacial score (nSPS) is 16.0. The van der Waals surface area contributed by atoms with Crippen molar-refractivity contribution in [2.75, 3.05) is 18.4 Å². The summed E-state index contributed by atoms with van der Waals surface area (Å²) in [5, 5.41) is 5.93. The van der Waals surface area contributed by atoms with Crippen LogP contribution in [0, 0.1) is 19.7 Å². The van der Waals surface area contributed by atoms with E-state index in [-0.39, 0.29) is 17.8 Å². The summed E-state index contributed by atoms with van der Waals surface area (Å²) in [5.74, 6) is -0.308. The molecule has 1 atom stereocenters. The van der Waals surface area contributed by atoms with Gasteiger partial charge in [0.15, 0.2) is 0 Å². The molecule has 1 N–H and O–H groups in total. The smallest absolute Gasteiger partial charge is 0.266 e. The predicted octanol–water partition coefficient (Wildman–Crippen LogP) is 6.39. The second kappa shape index (κ2) is 8.78. The molecule has 1 unspecified atom stereocenters. The molecule has 4 rings (SSSR count). The number of halogens is 1. The van der Waals surface area contributed by atoms with E-state index in [0.717, 1.165) is 42.1 Å². The van der Waals surface area contributed by atoms with Crippen molar-refractivity contribution < 1.29 is 9.18 Å². The summed E-state index contributed by atoms with van der Waals surface area (Å²) in [4.78, 5) is 17.1. The third kappa shape index (κ3) is 4.29. The number of amides is 1. The van der Waals surface area contributed by atoms with E-state index in [4.69, 9.17) is 0 Å². The number of carbonyl (C=O) groups excluding carboxylic acids is 1. The Morgan fingerprint density at radius 2 is 1.93 bits per heavy atom. The van der Waals surface area contributed by atoms with Crippen LogP contribution in [0.2, 0.25) is 0 Å². The van der Waals surface area contributed by atoms with Crippen molar-refractivity contribution in [3.8, 4) is 0 Å². The second-order valence-electron chi connectivity index (χ2n) is 7.51. The third-order valence-electron chi connectivity index (χ3n) is 5.60. The number of piperidine rings is 1. The molecular formula is C23H25FN2OS2. The van der Waals surface area contributed by atoms with Gasteiger partial charge in [0.2, 0.25) is 0 Å². The Balaban J connectivity index is 1.78. The van der Waals surface area contributed by atoms with Crippen LogP contribution in [0.1, 0.15) is 56.5 Å². The topological polar surface area (TPSA) is 32.3 Å². The molecule has 3 nitrogen and oxygen atoms in total. The minimum atomic E-state index is -0.224. The second-order valence-corrected chi connectivity index (χ2v) is 9.68. The number of thiophene rings is 2. The summed E-state index contributed by atoms with van der Waals surface area (Å²) >= 11 is 3.04. The molecule has 1 amide bonds. The molecule has 0 aliphatic carbocycles. The summed E-state index contributed by atoms with van der Waals surface area (Å²) in [6, 6.07) is 10.6. The lowest BCUT2D eigenvalue weighted by molar-refractivity contribution is 0.103. The van der Waals surface area contributed by atoms with Crippen molar-refractivity contribution in [2.24, 2.45) is 0 Å². The highest BCUT2D eigenvalue weighted by molar-refractivity contribution is 7.17. The van der Waals surface area contributed by atoms with Gasteiger partial charge in [-0.3, -0.25) is 9.69 Å². The lowest BCUT2D eigenvalue weighted by Gasteiger charge is -2.36. The van der Waals surface area contributed by atoms with E-state index in [1.54, 1.807) is 23.5 Å². The highest BCUT2D eigenvalue weighted by atomic mass is 32.1. The van der Waals surface area contributed by atoms with Crippen molar-refractivity contribution in [2.45, 2.75) is 39.2 Å². The fourth-order valence-corrected chi connectivity index (χ4v) is 5.76. The van der Waals surface area contributed by atoms with Crippen molar-refractivity contribution in [1.82, 2.24) is 4.90 Å². The maximum absolute atomic E-state index is 14.1. The van der Waals surface area contributed by atoms with Gasteiger partial charge in [-0.15, -0.1) is 22.7 Å². The number of hydrogen-bond acceptors (Lipinski definition) is 4. The molecule has 2 aromatic heterocycles. The number of rotatable bonds is 5. The average molecular weight is 429 g/mol.